The van der Waals surface area contributed by atoms with Crippen molar-refractivity contribution in [1.29, 1.82) is 0 Å². The predicted molar refractivity (Wildman–Crippen MR) is 128 cm³/mol. The highest BCUT2D eigenvalue weighted by Gasteiger charge is 2.29. The number of amides is 2. The van der Waals surface area contributed by atoms with Gasteiger partial charge in [-0.15, -0.1) is 11.3 Å². The summed E-state index contributed by atoms with van der Waals surface area (Å²) in [4.78, 5) is 41.0. The summed E-state index contributed by atoms with van der Waals surface area (Å²) in [5, 5.41) is 14.5. The monoisotopic (exact) mass is 479 g/mol. The van der Waals surface area contributed by atoms with Crippen LogP contribution in [0.5, 0.6) is 0 Å². The molecule has 1 aromatic heterocycles. The number of carboxylic acid groups (broad SMARTS) is 1. The molecule has 0 radical (unpaired) electrons. The number of nitrogens with one attached hydrogen (secondary N) is 2. The number of benzene rings is 2. The van der Waals surface area contributed by atoms with E-state index in [9.17, 15) is 19.5 Å². The quantitative estimate of drug-likeness (QED) is 0.433. The van der Waals surface area contributed by atoms with E-state index in [-0.39, 0.29) is 25.5 Å². The predicted octanol–water partition coefficient (Wildman–Crippen LogP) is 3.43. The molecule has 0 bridgehead atoms. The standard InChI is InChI=1S/C25H25N3O5S/c1-15(23(29)28-22(24(30)31)10-16-12-26-14-34-16)11-27-25(32)33-13-21-19-8-4-2-6-17(19)18-7-3-5-9-20(18)21/h2-9,12,14-15,21-22H,10-11,13H2,1H3,(H,27,32)(H,28,29)(H,30,31). The van der Waals surface area contributed by atoms with Gasteiger partial charge in [0.05, 0.1) is 11.4 Å². The third kappa shape index (κ3) is 5.26. The van der Waals surface area contributed by atoms with Crippen LogP contribution < -0.4 is 10.6 Å². The zero-order valence-electron chi connectivity index (χ0n) is 18.6. The van der Waals surface area contributed by atoms with Crippen LogP contribution in [0.2, 0.25) is 0 Å². The fourth-order valence-electron chi connectivity index (χ4n) is 4.04. The van der Waals surface area contributed by atoms with E-state index in [1.807, 2.05) is 36.4 Å². The lowest BCUT2D eigenvalue weighted by molar-refractivity contribution is -0.142. The van der Waals surface area contributed by atoms with Gasteiger partial charge in [0.25, 0.3) is 0 Å². The average Bonchev–Trinajstić information content (AvgIpc) is 3.46. The van der Waals surface area contributed by atoms with Crippen LogP contribution in [-0.2, 0) is 20.7 Å². The lowest BCUT2D eigenvalue weighted by Crippen LogP contribution is -2.46. The molecule has 1 heterocycles. The molecule has 3 aromatic rings. The number of aromatic nitrogens is 1. The summed E-state index contributed by atoms with van der Waals surface area (Å²) in [5.74, 6) is -2.28. The summed E-state index contributed by atoms with van der Waals surface area (Å²) in [6.07, 6.45) is 1.11. The number of hydrogen-bond acceptors (Lipinski definition) is 6. The first-order chi connectivity index (χ1) is 16.4. The number of aliphatic carboxylic acids is 1. The van der Waals surface area contributed by atoms with Crippen molar-refractivity contribution in [3.05, 3.63) is 76.2 Å². The molecule has 1 aliphatic rings. The molecule has 0 aliphatic heterocycles. The van der Waals surface area contributed by atoms with E-state index in [0.29, 0.717) is 0 Å². The highest BCUT2D eigenvalue weighted by atomic mass is 32.1. The molecule has 34 heavy (non-hydrogen) atoms. The van der Waals surface area contributed by atoms with E-state index >= 15 is 0 Å². The van der Waals surface area contributed by atoms with Gasteiger partial charge < -0.3 is 20.5 Å². The molecule has 176 valence electrons. The Morgan fingerprint density at radius 2 is 1.74 bits per heavy atom. The minimum atomic E-state index is -1.13. The van der Waals surface area contributed by atoms with Crippen molar-refractivity contribution < 1.29 is 24.2 Å². The van der Waals surface area contributed by atoms with Crippen LogP contribution in [0.25, 0.3) is 11.1 Å². The van der Waals surface area contributed by atoms with Crippen LogP contribution in [-0.4, -0.2) is 47.3 Å². The van der Waals surface area contributed by atoms with Gasteiger partial charge >= 0.3 is 12.1 Å². The van der Waals surface area contributed by atoms with E-state index in [2.05, 4.69) is 27.8 Å². The van der Waals surface area contributed by atoms with E-state index < -0.39 is 29.9 Å². The Kier molecular flexibility index (Phi) is 7.22. The molecular weight excluding hydrogens is 454 g/mol. The van der Waals surface area contributed by atoms with Crippen LogP contribution in [0.15, 0.2) is 60.2 Å². The zero-order valence-corrected chi connectivity index (χ0v) is 19.4. The first kappa shape index (κ1) is 23.4. The maximum absolute atomic E-state index is 12.5. The lowest BCUT2D eigenvalue weighted by atomic mass is 9.98. The summed E-state index contributed by atoms with van der Waals surface area (Å²) < 4.78 is 5.48. The fourth-order valence-corrected chi connectivity index (χ4v) is 4.68. The second-order valence-electron chi connectivity index (χ2n) is 8.18. The molecule has 1 aliphatic carbocycles. The van der Waals surface area contributed by atoms with Gasteiger partial charge in [0.1, 0.15) is 12.6 Å². The lowest BCUT2D eigenvalue weighted by Gasteiger charge is -2.18. The zero-order chi connectivity index (χ0) is 24.1. The maximum Gasteiger partial charge on any atom is 0.407 e. The molecule has 0 fully saturated rings. The second kappa shape index (κ2) is 10.5. The summed E-state index contributed by atoms with van der Waals surface area (Å²) in [5.41, 5.74) is 6.12. The maximum atomic E-state index is 12.5. The van der Waals surface area contributed by atoms with Crippen molar-refractivity contribution in [1.82, 2.24) is 15.6 Å². The summed E-state index contributed by atoms with van der Waals surface area (Å²) in [6, 6.07) is 15.1. The highest BCUT2D eigenvalue weighted by molar-refractivity contribution is 7.09. The first-order valence-electron chi connectivity index (χ1n) is 10.9. The molecule has 2 aromatic carbocycles. The topological polar surface area (TPSA) is 118 Å². The first-order valence-corrected chi connectivity index (χ1v) is 11.8. The molecule has 2 atom stereocenters. The third-order valence-corrected chi connectivity index (χ3v) is 6.65. The van der Waals surface area contributed by atoms with Crippen LogP contribution in [0, 0.1) is 5.92 Å². The van der Waals surface area contributed by atoms with Crippen molar-refractivity contribution in [3.63, 3.8) is 0 Å². The van der Waals surface area contributed by atoms with Crippen LogP contribution in [0.3, 0.4) is 0 Å². The third-order valence-electron chi connectivity index (χ3n) is 5.85. The summed E-state index contributed by atoms with van der Waals surface area (Å²) in [6.45, 7) is 1.82. The van der Waals surface area contributed by atoms with E-state index in [0.717, 1.165) is 27.1 Å². The number of rotatable bonds is 9. The van der Waals surface area contributed by atoms with Gasteiger partial charge in [0, 0.05) is 30.0 Å². The molecule has 8 nitrogen and oxygen atoms in total. The number of ether oxygens (including phenoxy) is 1. The highest BCUT2D eigenvalue weighted by Crippen LogP contribution is 2.44. The van der Waals surface area contributed by atoms with Crippen molar-refractivity contribution in [2.75, 3.05) is 13.2 Å². The number of fused-ring (bicyclic) bond motifs is 3. The Morgan fingerprint density at radius 3 is 2.32 bits per heavy atom. The number of carboxylic acids is 1. The molecule has 3 N–H and O–H groups in total. The van der Waals surface area contributed by atoms with E-state index in [1.165, 1.54) is 11.3 Å². The van der Waals surface area contributed by atoms with Crippen LogP contribution >= 0.6 is 11.3 Å². The van der Waals surface area contributed by atoms with Crippen molar-refractivity contribution in [2.45, 2.75) is 25.3 Å². The average molecular weight is 480 g/mol. The summed E-state index contributed by atoms with van der Waals surface area (Å²) >= 11 is 1.33. The molecule has 0 saturated carbocycles. The molecule has 0 spiro atoms. The van der Waals surface area contributed by atoms with Crippen molar-refractivity contribution in [2.24, 2.45) is 5.92 Å². The van der Waals surface area contributed by atoms with Gasteiger partial charge in [-0.25, -0.2) is 9.59 Å². The Labute approximate surface area is 201 Å². The number of hydrogen-bond donors (Lipinski definition) is 3. The van der Waals surface area contributed by atoms with Gasteiger partial charge in [0.2, 0.25) is 5.91 Å². The van der Waals surface area contributed by atoms with Gasteiger partial charge in [-0.2, -0.15) is 0 Å². The minimum Gasteiger partial charge on any atom is -0.480 e. The number of carbonyl (C=O) groups is 3. The normalized spacial score (nSPS) is 13.9. The Bertz CT molecular complexity index is 1140. The van der Waals surface area contributed by atoms with Crippen LogP contribution in [0.4, 0.5) is 4.79 Å². The fraction of sp³-hybridized carbons (Fsp3) is 0.280. The van der Waals surface area contributed by atoms with Gasteiger partial charge in [-0.1, -0.05) is 55.5 Å². The SMILES string of the molecule is CC(CNC(=O)OCC1c2ccccc2-c2ccccc21)C(=O)NC(Cc1cncs1)C(=O)O. The molecule has 2 amide bonds. The van der Waals surface area contributed by atoms with Crippen molar-refractivity contribution in [3.8, 4) is 11.1 Å². The molecular formula is C25H25N3O5S. The molecule has 4 rings (SSSR count). The number of alkyl carbamates (subject to hydrolysis) is 1. The van der Waals surface area contributed by atoms with Gasteiger partial charge in [-0.05, 0) is 22.3 Å². The Morgan fingerprint density at radius 1 is 1.09 bits per heavy atom. The Balaban J connectivity index is 1.28. The largest absolute Gasteiger partial charge is 0.480 e. The molecule has 9 heteroatoms. The van der Waals surface area contributed by atoms with Crippen molar-refractivity contribution >= 4 is 29.3 Å². The summed E-state index contributed by atoms with van der Waals surface area (Å²) in [7, 11) is 0. The minimum absolute atomic E-state index is 0.0232. The molecule has 0 saturated heterocycles. The van der Waals surface area contributed by atoms with Gasteiger partial charge in [0.15, 0.2) is 0 Å². The van der Waals surface area contributed by atoms with Crippen LogP contribution in [0.1, 0.15) is 28.8 Å². The Hall–Kier alpha value is -3.72. The van der Waals surface area contributed by atoms with E-state index in [1.54, 1.807) is 18.6 Å². The van der Waals surface area contributed by atoms with E-state index in [4.69, 9.17) is 4.74 Å². The number of carbonyl (C=O) groups excluding carboxylic acids is 2. The smallest absolute Gasteiger partial charge is 0.407 e. The number of nitrogens with zero attached hydrogens (tertiary/aromatic N) is 1. The second-order valence-corrected chi connectivity index (χ2v) is 9.15. The molecule has 2 unspecified atom stereocenters. The number of thiazole rings is 1. The van der Waals surface area contributed by atoms with Gasteiger partial charge in [-0.3, -0.25) is 9.78 Å².